The van der Waals surface area contributed by atoms with Gasteiger partial charge < -0.3 is 0 Å². The highest BCUT2D eigenvalue weighted by atomic mass is 32.2. The summed E-state index contributed by atoms with van der Waals surface area (Å²) in [4.78, 5) is 12.4. The van der Waals surface area contributed by atoms with Crippen molar-refractivity contribution < 1.29 is 13.2 Å². The van der Waals surface area contributed by atoms with Crippen molar-refractivity contribution in [1.82, 2.24) is 4.31 Å². The molecule has 0 atom stereocenters. The Kier molecular flexibility index (Phi) is 6.32. The fraction of sp³-hybridized carbons (Fsp3) is 0.211. The number of carbonyl (C=O) groups is 1. The minimum atomic E-state index is -3.66. The Balaban J connectivity index is 2.25. The molecule has 126 valence electrons. The number of ketones is 1. The van der Waals surface area contributed by atoms with E-state index in [0.29, 0.717) is 12.1 Å². The molecule has 0 saturated heterocycles. The monoisotopic (exact) mass is 343 g/mol. The molecule has 0 radical (unpaired) electrons. The van der Waals surface area contributed by atoms with E-state index in [4.69, 9.17) is 0 Å². The van der Waals surface area contributed by atoms with Crippen molar-refractivity contribution in [3.05, 3.63) is 78.5 Å². The van der Waals surface area contributed by atoms with Crippen LogP contribution in [0.15, 0.2) is 77.8 Å². The summed E-state index contributed by atoms with van der Waals surface area (Å²) in [5.41, 5.74) is 0.529. The maximum atomic E-state index is 12.8. The molecule has 0 N–H and O–H groups in total. The van der Waals surface area contributed by atoms with E-state index in [-0.39, 0.29) is 10.7 Å². The molecule has 0 unspecified atom stereocenters. The lowest BCUT2D eigenvalue weighted by molar-refractivity contribution is 0.104. The van der Waals surface area contributed by atoms with Crippen molar-refractivity contribution in [2.75, 3.05) is 6.54 Å². The molecule has 0 aliphatic carbocycles. The number of nitrogens with zero attached hydrogens (tertiary/aromatic N) is 1. The zero-order valence-electron chi connectivity index (χ0n) is 13.6. The standard InChI is InChI=1S/C19H21NO3S/c1-2-3-15-20(24(22,23)18-12-8-5-9-13-18)16-14-19(21)17-10-6-4-7-11-17/h4-14,16H,2-3,15H2,1H3/b16-14+. The average molecular weight is 343 g/mol. The number of sulfonamides is 1. The van der Waals surface area contributed by atoms with Crippen molar-refractivity contribution in [1.29, 1.82) is 0 Å². The molecule has 0 fully saturated rings. The Hall–Kier alpha value is -2.40. The highest BCUT2D eigenvalue weighted by Crippen LogP contribution is 2.16. The molecule has 2 aromatic rings. The predicted molar refractivity (Wildman–Crippen MR) is 95.2 cm³/mol. The Morgan fingerprint density at radius 1 is 1.00 bits per heavy atom. The molecule has 24 heavy (non-hydrogen) atoms. The smallest absolute Gasteiger partial charge is 0.263 e. The highest BCUT2D eigenvalue weighted by molar-refractivity contribution is 7.89. The van der Waals surface area contributed by atoms with Crippen LogP contribution in [0.1, 0.15) is 30.1 Å². The molecule has 4 nitrogen and oxygen atoms in total. The van der Waals surface area contributed by atoms with Crippen LogP contribution in [0, 0.1) is 0 Å². The summed E-state index contributed by atoms with van der Waals surface area (Å²) in [6.07, 6.45) is 4.26. The van der Waals surface area contributed by atoms with Gasteiger partial charge in [-0.1, -0.05) is 61.9 Å². The van der Waals surface area contributed by atoms with Gasteiger partial charge in [-0.05, 0) is 18.6 Å². The largest absolute Gasteiger partial charge is 0.289 e. The van der Waals surface area contributed by atoms with E-state index >= 15 is 0 Å². The third-order valence-electron chi connectivity index (χ3n) is 3.53. The topological polar surface area (TPSA) is 54.5 Å². The van der Waals surface area contributed by atoms with Crippen LogP contribution in [-0.2, 0) is 10.0 Å². The van der Waals surface area contributed by atoms with Gasteiger partial charge in [0.25, 0.3) is 10.0 Å². The normalized spacial score (nSPS) is 11.5. The molecule has 0 aliphatic rings. The molecule has 2 aromatic carbocycles. The number of rotatable bonds is 8. The van der Waals surface area contributed by atoms with Crippen molar-refractivity contribution in [3.8, 4) is 0 Å². The summed E-state index contributed by atoms with van der Waals surface area (Å²) in [7, 11) is -3.66. The quantitative estimate of drug-likeness (QED) is 0.540. The molecule has 0 saturated carbocycles. The number of hydrogen-bond acceptors (Lipinski definition) is 3. The highest BCUT2D eigenvalue weighted by Gasteiger charge is 2.20. The first-order chi connectivity index (χ1) is 11.6. The summed E-state index contributed by atoms with van der Waals surface area (Å²) in [5, 5.41) is 0. The van der Waals surface area contributed by atoms with Crippen LogP contribution in [0.25, 0.3) is 0 Å². The van der Waals surface area contributed by atoms with Gasteiger partial charge in [0.2, 0.25) is 0 Å². The van der Waals surface area contributed by atoms with Gasteiger partial charge in [-0.25, -0.2) is 8.42 Å². The minimum absolute atomic E-state index is 0.220. The molecular formula is C19H21NO3S. The van der Waals surface area contributed by atoms with Crippen LogP contribution < -0.4 is 0 Å². The van der Waals surface area contributed by atoms with E-state index in [1.54, 1.807) is 54.6 Å². The fourth-order valence-electron chi connectivity index (χ4n) is 2.17. The third kappa shape index (κ3) is 4.55. The summed E-state index contributed by atoms with van der Waals surface area (Å²) in [5.74, 6) is -0.222. The van der Waals surface area contributed by atoms with E-state index in [1.165, 1.54) is 16.6 Å². The van der Waals surface area contributed by atoms with E-state index in [9.17, 15) is 13.2 Å². The summed E-state index contributed by atoms with van der Waals surface area (Å²) < 4.78 is 26.7. The van der Waals surface area contributed by atoms with Crippen molar-refractivity contribution in [2.24, 2.45) is 0 Å². The minimum Gasteiger partial charge on any atom is -0.289 e. The molecule has 0 spiro atoms. The Morgan fingerprint density at radius 2 is 1.58 bits per heavy atom. The lowest BCUT2D eigenvalue weighted by Gasteiger charge is -2.20. The predicted octanol–water partition coefficient (Wildman–Crippen LogP) is 3.87. The van der Waals surface area contributed by atoms with E-state index in [0.717, 1.165) is 12.8 Å². The van der Waals surface area contributed by atoms with Crippen LogP contribution in [-0.4, -0.2) is 25.1 Å². The first kappa shape index (κ1) is 17.9. The van der Waals surface area contributed by atoms with Crippen LogP contribution in [0.2, 0.25) is 0 Å². The van der Waals surface area contributed by atoms with Crippen molar-refractivity contribution >= 4 is 15.8 Å². The van der Waals surface area contributed by atoms with Gasteiger partial charge >= 0.3 is 0 Å². The van der Waals surface area contributed by atoms with Crippen LogP contribution in [0.3, 0.4) is 0 Å². The van der Waals surface area contributed by atoms with Gasteiger partial charge in [-0.15, -0.1) is 0 Å². The maximum absolute atomic E-state index is 12.8. The summed E-state index contributed by atoms with van der Waals surface area (Å²) in [6, 6.07) is 17.0. The SMILES string of the molecule is CCCCN(/C=C/C(=O)c1ccccc1)S(=O)(=O)c1ccccc1. The molecule has 0 aliphatic heterocycles. The van der Waals surface area contributed by atoms with Crippen LogP contribution in [0.5, 0.6) is 0 Å². The first-order valence-electron chi connectivity index (χ1n) is 7.90. The van der Waals surface area contributed by atoms with Crippen LogP contribution >= 0.6 is 0 Å². The number of allylic oxidation sites excluding steroid dienone is 1. The second-order valence-corrected chi connectivity index (χ2v) is 7.22. The summed E-state index contributed by atoms with van der Waals surface area (Å²) in [6.45, 7) is 2.33. The maximum Gasteiger partial charge on any atom is 0.263 e. The first-order valence-corrected chi connectivity index (χ1v) is 9.34. The number of unbranched alkanes of at least 4 members (excludes halogenated alkanes) is 1. The average Bonchev–Trinajstić information content (AvgIpc) is 2.62. The number of carbonyl (C=O) groups excluding carboxylic acids is 1. The van der Waals surface area contributed by atoms with E-state index < -0.39 is 10.0 Å². The van der Waals surface area contributed by atoms with Gasteiger partial charge in [0.1, 0.15) is 0 Å². The second-order valence-electron chi connectivity index (χ2n) is 5.33. The lowest BCUT2D eigenvalue weighted by Crippen LogP contribution is -2.27. The van der Waals surface area contributed by atoms with Gasteiger partial charge in [-0.3, -0.25) is 9.10 Å². The molecule has 0 bridgehead atoms. The zero-order chi connectivity index (χ0) is 17.4. The Labute approximate surface area is 143 Å². The Bertz CT molecular complexity index is 784. The van der Waals surface area contributed by atoms with E-state index in [2.05, 4.69) is 0 Å². The molecule has 0 amide bonds. The fourth-order valence-corrected chi connectivity index (χ4v) is 3.53. The second kappa shape index (κ2) is 8.45. The molecular weight excluding hydrogens is 322 g/mol. The third-order valence-corrected chi connectivity index (χ3v) is 5.32. The van der Waals surface area contributed by atoms with Crippen molar-refractivity contribution in [3.63, 3.8) is 0 Å². The molecule has 5 heteroatoms. The van der Waals surface area contributed by atoms with Crippen molar-refractivity contribution in [2.45, 2.75) is 24.7 Å². The lowest BCUT2D eigenvalue weighted by atomic mass is 10.1. The molecule has 2 rings (SSSR count). The number of benzene rings is 2. The van der Waals surface area contributed by atoms with Crippen LogP contribution in [0.4, 0.5) is 0 Å². The Morgan fingerprint density at radius 3 is 2.17 bits per heavy atom. The molecule has 0 heterocycles. The van der Waals surface area contributed by atoms with Gasteiger partial charge in [0, 0.05) is 24.4 Å². The van der Waals surface area contributed by atoms with E-state index in [1.807, 2.05) is 13.0 Å². The molecule has 0 aromatic heterocycles. The zero-order valence-corrected chi connectivity index (χ0v) is 14.4. The van der Waals surface area contributed by atoms with Gasteiger partial charge in [0.05, 0.1) is 4.90 Å². The van der Waals surface area contributed by atoms with Gasteiger partial charge in [-0.2, -0.15) is 0 Å². The van der Waals surface area contributed by atoms with Gasteiger partial charge in [0.15, 0.2) is 5.78 Å². The summed E-state index contributed by atoms with van der Waals surface area (Å²) >= 11 is 0. The number of hydrogen-bond donors (Lipinski definition) is 0.